The summed E-state index contributed by atoms with van der Waals surface area (Å²) < 4.78 is 0. The molecule has 0 saturated heterocycles. The third-order valence-electron chi connectivity index (χ3n) is 3.38. The molecule has 0 aliphatic carbocycles. The van der Waals surface area contributed by atoms with Gasteiger partial charge in [-0.2, -0.15) is 0 Å². The maximum absolute atomic E-state index is 3.63. The molecule has 0 bridgehead atoms. The highest BCUT2D eigenvalue weighted by atomic mass is 14.9. The molecule has 1 rings (SSSR count). The standard InChI is InChI=1S/C16H27N/c1-4-6-7-10-14(3)17-13-16-12-9-8-11-15(16)5-2/h8-9,11-12,14,17H,4-7,10,13H2,1-3H3. The molecule has 17 heavy (non-hydrogen) atoms. The van der Waals surface area contributed by atoms with Crippen molar-refractivity contribution in [2.75, 3.05) is 0 Å². The second kappa shape index (κ2) is 8.30. The minimum atomic E-state index is 0.631. The Morgan fingerprint density at radius 1 is 1.06 bits per heavy atom. The van der Waals surface area contributed by atoms with Gasteiger partial charge in [-0.3, -0.25) is 0 Å². The Morgan fingerprint density at radius 2 is 1.76 bits per heavy atom. The highest BCUT2D eigenvalue weighted by molar-refractivity contribution is 5.26. The van der Waals surface area contributed by atoms with Crippen molar-refractivity contribution < 1.29 is 0 Å². The molecule has 96 valence electrons. The van der Waals surface area contributed by atoms with Gasteiger partial charge >= 0.3 is 0 Å². The zero-order valence-corrected chi connectivity index (χ0v) is 11.6. The van der Waals surface area contributed by atoms with E-state index in [9.17, 15) is 0 Å². The van der Waals surface area contributed by atoms with Gasteiger partial charge in [0.15, 0.2) is 0 Å². The first-order chi connectivity index (χ1) is 8.27. The predicted molar refractivity (Wildman–Crippen MR) is 76.3 cm³/mol. The summed E-state index contributed by atoms with van der Waals surface area (Å²) in [4.78, 5) is 0. The van der Waals surface area contributed by atoms with Gasteiger partial charge in [-0.1, -0.05) is 57.4 Å². The number of aryl methyl sites for hydroxylation is 1. The van der Waals surface area contributed by atoms with Crippen LogP contribution in [0.3, 0.4) is 0 Å². The van der Waals surface area contributed by atoms with Crippen molar-refractivity contribution in [3.8, 4) is 0 Å². The largest absolute Gasteiger partial charge is 0.310 e. The van der Waals surface area contributed by atoms with Crippen molar-refractivity contribution in [1.29, 1.82) is 0 Å². The topological polar surface area (TPSA) is 12.0 Å². The highest BCUT2D eigenvalue weighted by Gasteiger charge is 2.03. The van der Waals surface area contributed by atoms with Gasteiger partial charge in [-0.15, -0.1) is 0 Å². The van der Waals surface area contributed by atoms with Crippen LogP contribution in [0, 0.1) is 0 Å². The maximum atomic E-state index is 3.63. The van der Waals surface area contributed by atoms with Crippen molar-refractivity contribution in [3.63, 3.8) is 0 Å². The first kappa shape index (κ1) is 14.2. The Morgan fingerprint density at radius 3 is 2.41 bits per heavy atom. The van der Waals surface area contributed by atoms with Gasteiger partial charge in [-0.25, -0.2) is 0 Å². The quantitative estimate of drug-likeness (QED) is 0.660. The molecule has 1 aromatic rings. The highest BCUT2D eigenvalue weighted by Crippen LogP contribution is 2.10. The van der Waals surface area contributed by atoms with Gasteiger partial charge in [0.2, 0.25) is 0 Å². The fourth-order valence-corrected chi connectivity index (χ4v) is 2.16. The van der Waals surface area contributed by atoms with Crippen LogP contribution in [0.15, 0.2) is 24.3 Å². The molecule has 0 fully saturated rings. The van der Waals surface area contributed by atoms with Crippen LogP contribution in [0.5, 0.6) is 0 Å². The maximum Gasteiger partial charge on any atom is 0.0210 e. The Bertz CT molecular complexity index is 306. The van der Waals surface area contributed by atoms with Gasteiger partial charge in [0.05, 0.1) is 0 Å². The third-order valence-corrected chi connectivity index (χ3v) is 3.38. The van der Waals surface area contributed by atoms with Gasteiger partial charge in [0.25, 0.3) is 0 Å². The Balaban J connectivity index is 2.33. The van der Waals surface area contributed by atoms with Gasteiger partial charge in [-0.05, 0) is 30.9 Å². The van der Waals surface area contributed by atoms with Crippen LogP contribution < -0.4 is 5.32 Å². The van der Waals surface area contributed by atoms with Crippen molar-refractivity contribution in [2.45, 2.75) is 65.5 Å². The second-order valence-electron chi connectivity index (χ2n) is 4.90. The summed E-state index contributed by atoms with van der Waals surface area (Å²) in [5, 5.41) is 3.63. The van der Waals surface area contributed by atoms with Crippen LogP contribution in [-0.2, 0) is 13.0 Å². The summed E-state index contributed by atoms with van der Waals surface area (Å²) in [5.74, 6) is 0. The van der Waals surface area contributed by atoms with Crippen LogP contribution in [-0.4, -0.2) is 6.04 Å². The molecule has 0 spiro atoms. The normalized spacial score (nSPS) is 12.6. The lowest BCUT2D eigenvalue weighted by molar-refractivity contribution is 0.486. The third kappa shape index (κ3) is 5.36. The number of rotatable bonds is 8. The number of hydrogen-bond donors (Lipinski definition) is 1. The van der Waals surface area contributed by atoms with E-state index < -0.39 is 0 Å². The first-order valence-electron chi connectivity index (χ1n) is 7.08. The SMILES string of the molecule is CCCCCC(C)NCc1ccccc1CC. The molecular weight excluding hydrogens is 206 g/mol. The molecular formula is C16H27N. The summed E-state index contributed by atoms with van der Waals surface area (Å²) in [6, 6.07) is 9.38. The summed E-state index contributed by atoms with van der Waals surface area (Å²) in [7, 11) is 0. The molecule has 0 radical (unpaired) electrons. The fourth-order valence-electron chi connectivity index (χ4n) is 2.16. The van der Waals surface area contributed by atoms with Crippen LogP contribution in [0.4, 0.5) is 0 Å². The lowest BCUT2D eigenvalue weighted by Crippen LogP contribution is -2.25. The molecule has 0 aromatic heterocycles. The molecule has 0 heterocycles. The van der Waals surface area contributed by atoms with Crippen molar-refractivity contribution in [2.24, 2.45) is 0 Å². The monoisotopic (exact) mass is 233 g/mol. The predicted octanol–water partition coefficient (Wildman–Crippen LogP) is 4.31. The van der Waals surface area contributed by atoms with E-state index in [1.807, 2.05) is 0 Å². The van der Waals surface area contributed by atoms with E-state index in [4.69, 9.17) is 0 Å². The number of benzene rings is 1. The lowest BCUT2D eigenvalue weighted by atomic mass is 10.0. The Labute approximate surface area is 107 Å². The van der Waals surface area contributed by atoms with Crippen molar-refractivity contribution in [1.82, 2.24) is 5.32 Å². The molecule has 0 aliphatic rings. The number of nitrogens with one attached hydrogen (secondary N) is 1. The van der Waals surface area contributed by atoms with Crippen molar-refractivity contribution >= 4 is 0 Å². The molecule has 1 unspecified atom stereocenters. The van der Waals surface area contributed by atoms with E-state index in [0.29, 0.717) is 6.04 Å². The molecule has 1 heteroatoms. The zero-order chi connectivity index (χ0) is 12.5. The van der Waals surface area contributed by atoms with E-state index in [0.717, 1.165) is 13.0 Å². The number of hydrogen-bond acceptors (Lipinski definition) is 1. The van der Waals surface area contributed by atoms with Gasteiger partial charge in [0.1, 0.15) is 0 Å². The van der Waals surface area contributed by atoms with E-state index >= 15 is 0 Å². The molecule has 1 aromatic carbocycles. The Kier molecular flexibility index (Phi) is 6.95. The van der Waals surface area contributed by atoms with Gasteiger partial charge in [0, 0.05) is 12.6 Å². The minimum absolute atomic E-state index is 0.631. The van der Waals surface area contributed by atoms with Crippen LogP contribution in [0.1, 0.15) is 57.6 Å². The van der Waals surface area contributed by atoms with Crippen molar-refractivity contribution in [3.05, 3.63) is 35.4 Å². The lowest BCUT2D eigenvalue weighted by Gasteiger charge is -2.15. The van der Waals surface area contributed by atoms with Crippen LogP contribution in [0.2, 0.25) is 0 Å². The molecule has 1 atom stereocenters. The summed E-state index contributed by atoms with van der Waals surface area (Å²) in [6.45, 7) is 7.79. The van der Waals surface area contributed by atoms with Crippen LogP contribution in [0.25, 0.3) is 0 Å². The van der Waals surface area contributed by atoms with E-state index in [1.54, 1.807) is 0 Å². The van der Waals surface area contributed by atoms with Crippen LogP contribution >= 0.6 is 0 Å². The Hall–Kier alpha value is -0.820. The average molecular weight is 233 g/mol. The van der Waals surface area contributed by atoms with Gasteiger partial charge < -0.3 is 5.32 Å². The molecule has 0 saturated carbocycles. The zero-order valence-electron chi connectivity index (χ0n) is 11.6. The van der Waals surface area contributed by atoms with E-state index in [2.05, 4.69) is 50.4 Å². The van der Waals surface area contributed by atoms with E-state index in [-0.39, 0.29) is 0 Å². The summed E-state index contributed by atoms with van der Waals surface area (Å²) in [6.07, 6.45) is 6.44. The molecule has 0 aliphatic heterocycles. The summed E-state index contributed by atoms with van der Waals surface area (Å²) >= 11 is 0. The molecule has 1 N–H and O–H groups in total. The summed E-state index contributed by atoms with van der Waals surface area (Å²) in [5.41, 5.74) is 2.93. The van der Waals surface area contributed by atoms with E-state index in [1.165, 1.54) is 36.8 Å². The average Bonchev–Trinajstić information content (AvgIpc) is 2.37. The molecule has 0 amide bonds. The molecule has 1 nitrogen and oxygen atoms in total. The second-order valence-corrected chi connectivity index (χ2v) is 4.90. The smallest absolute Gasteiger partial charge is 0.0210 e. The minimum Gasteiger partial charge on any atom is -0.310 e. The first-order valence-corrected chi connectivity index (χ1v) is 7.08. The number of unbranched alkanes of at least 4 members (excludes halogenated alkanes) is 2. The fraction of sp³-hybridized carbons (Fsp3) is 0.625.